The molecule has 0 spiro atoms. The summed E-state index contributed by atoms with van der Waals surface area (Å²) in [6, 6.07) is 25.5. The number of aliphatic hydroxyl groups excluding tert-OH is 1. The van der Waals surface area contributed by atoms with Crippen molar-refractivity contribution in [1.29, 1.82) is 0 Å². The van der Waals surface area contributed by atoms with Crippen LogP contribution in [0.1, 0.15) is 51.9 Å². The van der Waals surface area contributed by atoms with E-state index < -0.39 is 36.4 Å². The molecule has 3 aromatic carbocycles. The molecule has 1 fully saturated rings. The standard InChI is InChI=1S/C36H37N3O8S/c1-22-30(21-48-32-28(33(41)42)12-7-17-37-32)46-35(47-31(22)25-15-13-24(20-40)14-16-25)26-10-6-11-27(19-26)38-36(44)39-29(34(43)45-2)18-23-8-4-3-5-9-23/h3-17,19,22,29-31,35,40H,18,20-21H2,1-2H3,(H,41,42)(H2,38,39,44)/t22-,29+,30+,31+,35+/m1/s1. The summed E-state index contributed by atoms with van der Waals surface area (Å²) in [7, 11) is 1.27. The van der Waals surface area contributed by atoms with Crippen LogP contribution in [0.5, 0.6) is 0 Å². The van der Waals surface area contributed by atoms with Crippen LogP contribution in [0.2, 0.25) is 0 Å². The van der Waals surface area contributed by atoms with E-state index in [9.17, 15) is 24.6 Å². The lowest BCUT2D eigenvalue weighted by molar-refractivity contribution is -0.268. The number of carboxylic acid groups (broad SMARTS) is 1. The van der Waals surface area contributed by atoms with Crippen LogP contribution in [0, 0.1) is 5.92 Å². The highest BCUT2D eigenvalue weighted by Crippen LogP contribution is 2.43. The summed E-state index contributed by atoms with van der Waals surface area (Å²) < 4.78 is 17.9. The second-order valence-electron chi connectivity index (χ2n) is 11.3. The Balaban J connectivity index is 1.34. The normalized spacial score (nSPS) is 19.6. The number of carbonyl (C=O) groups is 3. The Morgan fingerprint density at radius 3 is 2.42 bits per heavy atom. The molecule has 0 radical (unpaired) electrons. The number of pyridine rings is 1. The van der Waals surface area contributed by atoms with E-state index in [1.165, 1.54) is 24.9 Å². The van der Waals surface area contributed by atoms with Gasteiger partial charge in [0.05, 0.1) is 31.5 Å². The van der Waals surface area contributed by atoms with Crippen LogP contribution >= 0.6 is 11.8 Å². The fourth-order valence-corrected chi connectivity index (χ4v) is 6.56. The first-order chi connectivity index (χ1) is 23.2. The Kier molecular flexibility index (Phi) is 11.8. The van der Waals surface area contributed by atoms with Gasteiger partial charge in [-0.3, -0.25) is 0 Å². The first-order valence-corrected chi connectivity index (χ1v) is 16.3. The van der Waals surface area contributed by atoms with Crippen molar-refractivity contribution in [3.8, 4) is 0 Å². The van der Waals surface area contributed by atoms with Crippen LogP contribution in [-0.2, 0) is 32.0 Å². The molecular formula is C36H37N3O8S. The quantitative estimate of drug-likeness (QED) is 0.108. The molecule has 1 aliphatic rings. The molecule has 4 N–H and O–H groups in total. The number of benzene rings is 3. The van der Waals surface area contributed by atoms with Crippen LogP contribution in [-0.4, -0.2) is 58.2 Å². The smallest absolute Gasteiger partial charge is 0.338 e. The molecule has 48 heavy (non-hydrogen) atoms. The Labute approximate surface area is 282 Å². The number of hydrogen-bond acceptors (Lipinski definition) is 9. The lowest BCUT2D eigenvalue weighted by Crippen LogP contribution is -2.45. The number of hydrogen-bond donors (Lipinski definition) is 4. The van der Waals surface area contributed by atoms with E-state index >= 15 is 0 Å². The van der Waals surface area contributed by atoms with E-state index in [0.717, 1.165) is 16.7 Å². The number of aromatic nitrogens is 1. The van der Waals surface area contributed by atoms with Gasteiger partial charge >= 0.3 is 18.0 Å². The number of rotatable bonds is 12. The molecule has 5 rings (SSSR count). The van der Waals surface area contributed by atoms with Crippen molar-refractivity contribution < 1.29 is 38.8 Å². The fourth-order valence-electron chi connectivity index (χ4n) is 5.41. The third-order valence-electron chi connectivity index (χ3n) is 8.00. The highest BCUT2D eigenvalue weighted by Gasteiger charge is 2.38. The van der Waals surface area contributed by atoms with Gasteiger partial charge in [0.25, 0.3) is 0 Å². The molecule has 1 saturated heterocycles. The van der Waals surface area contributed by atoms with Gasteiger partial charge in [-0.05, 0) is 41.0 Å². The van der Waals surface area contributed by atoms with Gasteiger partial charge in [-0.1, -0.05) is 73.7 Å². The lowest BCUT2D eigenvalue weighted by atomic mass is 9.91. The second-order valence-corrected chi connectivity index (χ2v) is 12.3. The molecule has 5 atom stereocenters. The van der Waals surface area contributed by atoms with Gasteiger partial charge in [-0.15, -0.1) is 11.8 Å². The Bertz CT molecular complexity index is 1710. The van der Waals surface area contributed by atoms with E-state index in [1.807, 2.05) is 67.6 Å². The molecule has 1 aromatic heterocycles. The maximum Gasteiger partial charge on any atom is 0.338 e. The molecule has 2 amide bonds. The number of anilines is 1. The summed E-state index contributed by atoms with van der Waals surface area (Å²) in [6.45, 7) is 1.93. The van der Waals surface area contributed by atoms with E-state index in [2.05, 4.69) is 15.6 Å². The largest absolute Gasteiger partial charge is 0.478 e. The summed E-state index contributed by atoms with van der Waals surface area (Å²) >= 11 is 1.30. The molecule has 11 nitrogen and oxygen atoms in total. The van der Waals surface area contributed by atoms with Gasteiger partial charge in [-0.2, -0.15) is 0 Å². The van der Waals surface area contributed by atoms with Crippen molar-refractivity contribution in [2.45, 2.75) is 49.5 Å². The number of amides is 2. The van der Waals surface area contributed by atoms with E-state index in [1.54, 1.807) is 30.5 Å². The minimum Gasteiger partial charge on any atom is -0.478 e. The number of carbonyl (C=O) groups excluding carboxylic acids is 2. The molecule has 12 heteroatoms. The molecular weight excluding hydrogens is 634 g/mol. The van der Waals surface area contributed by atoms with Gasteiger partial charge in [0, 0.05) is 35.5 Å². The predicted octanol–water partition coefficient (Wildman–Crippen LogP) is 5.76. The number of aromatic carboxylic acids is 1. The van der Waals surface area contributed by atoms with Crippen LogP contribution in [0.15, 0.2) is 102 Å². The van der Waals surface area contributed by atoms with Gasteiger partial charge in [0.15, 0.2) is 6.29 Å². The van der Waals surface area contributed by atoms with Crippen molar-refractivity contribution in [1.82, 2.24) is 10.3 Å². The number of nitrogens with one attached hydrogen (secondary N) is 2. The first-order valence-electron chi connectivity index (χ1n) is 15.4. The van der Waals surface area contributed by atoms with Crippen molar-refractivity contribution in [3.05, 3.63) is 125 Å². The number of nitrogens with zero attached hydrogens (tertiary/aromatic N) is 1. The summed E-state index contributed by atoms with van der Waals surface area (Å²) in [5.74, 6) is -1.36. The molecule has 2 heterocycles. The third-order valence-corrected chi connectivity index (χ3v) is 9.09. The number of aliphatic hydroxyl groups is 1. The van der Waals surface area contributed by atoms with Crippen LogP contribution in [0.3, 0.4) is 0 Å². The minimum atomic E-state index is -1.06. The van der Waals surface area contributed by atoms with Gasteiger partial charge < -0.3 is 35.1 Å². The van der Waals surface area contributed by atoms with Crippen molar-refractivity contribution >= 4 is 35.4 Å². The Morgan fingerprint density at radius 1 is 0.938 bits per heavy atom. The topological polar surface area (TPSA) is 156 Å². The maximum absolute atomic E-state index is 13.0. The zero-order chi connectivity index (χ0) is 34.0. The lowest BCUT2D eigenvalue weighted by Gasteiger charge is -2.41. The van der Waals surface area contributed by atoms with Crippen LogP contribution in [0.4, 0.5) is 10.5 Å². The molecule has 0 aliphatic carbocycles. The minimum absolute atomic E-state index is 0.0810. The number of urea groups is 1. The summed E-state index contributed by atoms with van der Waals surface area (Å²) in [5, 5.41) is 25.1. The Morgan fingerprint density at radius 2 is 1.71 bits per heavy atom. The maximum atomic E-state index is 13.0. The summed E-state index contributed by atoms with van der Waals surface area (Å²) in [6.07, 6.45) is 0.209. The second kappa shape index (κ2) is 16.4. The van der Waals surface area contributed by atoms with Crippen LogP contribution in [0.25, 0.3) is 0 Å². The summed E-state index contributed by atoms with van der Waals surface area (Å²) in [5.41, 5.74) is 3.75. The number of carboxylic acids is 1. The molecule has 0 unspecified atom stereocenters. The van der Waals surface area contributed by atoms with E-state index in [-0.39, 0.29) is 30.6 Å². The van der Waals surface area contributed by atoms with E-state index in [4.69, 9.17) is 14.2 Å². The Hall–Kier alpha value is -4.75. The highest BCUT2D eigenvalue weighted by atomic mass is 32.2. The van der Waals surface area contributed by atoms with Gasteiger partial charge in [0.2, 0.25) is 0 Å². The molecule has 0 saturated carbocycles. The summed E-state index contributed by atoms with van der Waals surface area (Å²) in [4.78, 5) is 41.6. The monoisotopic (exact) mass is 671 g/mol. The highest BCUT2D eigenvalue weighted by molar-refractivity contribution is 7.99. The van der Waals surface area contributed by atoms with Crippen molar-refractivity contribution in [3.63, 3.8) is 0 Å². The molecule has 4 aromatic rings. The predicted molar refractivity (Wildman–Crippen MR) is 179 cm³/mol. The van der Waals surface area contributed by atoms with Crippen molar-refractivity contribution in [2.75, 3.05) is 18.2 Å². The molecule has 250 valence electrons. The molecule has 1 aliphatic heterocycles. The van der Waals surface area contributed by atoms with Gasteiger partial charge in [0.1, 0.15) is 11.1 Å². The van der Waals surface area contributed by atoms with Gasteiger partial charge in [-0.25, -0.2) is 19.4 Å². The number of methoxy groups -OCH3 is 1. The number of esters is 1. The number of thioether (sulfide) groups is 1. The first kappa shape index (κ1) is 34.6. The SMILES string of the molecule is COC(=O)[C@H](Cc1ccccc1)NC(=O)Nc1cccc([C@H]2O[C@@H](CSc3ncccc3C(=O)O)[C@@H](C)[C@@H](c3ccc(CO)cc3)O2)c1. The fraction of sp³-hybridized carbons (Fsp3) is 0.278. The zero-order valence-electron chi connectivity index (χ0n) is 26.4. The zero-order valence-corrected chi connectivity index (χ0v) is 27.3. The van der Waals surface area contributed by atoms with Crippen LogP contribution < -0.4 is 10.6 Å². The molecule has 0 bridgehead atoms. The van der Waals surface area contributed by atoms with E-state index in [0.29, 0.717) is 22.0 Å². The average Bonchev–Trinajstić information content (AvgIpc) is 3.11. The number of ether oxygens (including phenoxy) is 3. The average molecular weight is 672 g/mol. The van der Waals surface area contributed by atoms with Crippen molar-refractivity contribution in [2.24, 2.45) is 5.92 Å². The third kappa shape index (κ3) is 8.78.